The van der Waals surface area contributed by atoms with E-state index in [0.29, 0.717) is 30.5 Å². The minimum Gasteiger partial charge on any atom is -0.508 e. The molecular weight excluding hydrogens is 997 g/mol. The van der Waals surface area contributed by atoms with Gasteiger partial charge in [-0.3, -0.25) is 38.4 Å². The van der Waals surface area contributed by atoms with Crippen molar-refractivity contribution in [1.29, 1.82) is 0 Å². The number of unbranched alkanes of at least 4 members (excludes halogenated alkanes) is 1. The van der Waals surface area contributed by atoms with Crippen LogP contribution >= 0.6 is 21.6 Å². The molecule has 5 rings (SSSR count). The number of amides is 4. The summed E-state index contributed by atoms with van der Waals surface area (Å²) in [6.07, 6.45) is -1.70. The van der Waals surface area contributed by atoms with E-state index in [-0.39, 0.29) is 61.5 Å². The fraction of sp³-hybridized carbons (Fsp3) is 0.464. The molecule has 1 saturated heterocycles. The molecule has 75 heavy (non-hydrogen) atoms. The molecule has 1 aliphatic heterocycles. The van der Waals surface area contributed by atoms with Crippen molar-refractivity contribution in [3.05, 3.63) is 108 Å². The molecule has 1 heterocycles. The Balaban J connectivity index is 1.56. The Morgan fingerprint density at radius 1 is 0.680 bits per heavy atom. The highest BCUT2D eigenvalue weighted by Crippen LogP contribution is 2.30. The number of nitrogens with two attached hydrogens (primary N) is 3. The summed E-state index contributed by atoms with van der Waals surface area (Å²) in [6, 6.07) is 21.0. The molecule has 17 nitrogen and oxygen atoms in total. The molecule has 19 heteroatoms. The van der Waals surface area contributed by atoms with Crippen LogP contribution in [0.15, 0.2) is 91.0 Å². The van der Waals surface area contributed by atoms with Crippen LogP contribution < -0.4 is 33.2 Å². The summed E-state index contributed by atoms with van der Waals surface area (Å²) in [5, 5.41) is 41.1. The molecule has 0 spiro atoms. The first-order valence-corrected chi connectivity index (χ1v) is 27.9. The predicted octanol–water partition coefficient (Wildman–Crippen LogP) is 4.41. The number of hydrogen-bond donors (Lipinski definition) is 9. The third-order valence-electron chi connectivity index (χ3n) is 13.7. The van der Waals surface area contributed by atoms with Gasteiger partial charge in [0.15, 0.2) is 23.1 Å². The van der Waals surface area contributed by atoms with Crippen LogP contribution in [0, 0.1) is 29.6 Å². The van der Waals surface area contributed by atoms with Crippen molar-refractivity contribution in [2.24, 2.45) is 46.8 Å². The summed E-state index contributed by atoms with van der Waals surface area (Å²) in [4.78, 5) is 113. The van der Waals surface area contributed by atoms with Gasteiger partial charge in [-0.15, -0.1) is 0 Å². The second kappa shape index (κ2) is 29.3. The van der Waals surface area contributed by atoms with E-state index in [0.717, 1.165) is 37.9 Å². The Morgan fingerprint density at radius 3 is 1.87 bits per heavy atom. The number of Topliss-reactive ketones (excluding diaryl/α,β-unsaturated/α-hetero) is 4. The fourth-order valence-corrected chi connectivity index (χ4v) is 11.5. The van der Waals surface area contributed by atoms with E-state index in [1.807, 2.05) is 42.5 Å². The van der Waals surface area contributed by atoms with Gasteiger partial charge >= 0.3 is 0 Å². The van der Waals surface area contributed by atoms with Gasteiger partial charge in [0, 0.05) is 49.0 Å². The molecule has 0 aliphatic carbocycles. The van der Waals surface area contributed by atoms with E-state index in [9.17, 15) is 53.7 Å². The third-order valence-corrected chi connectivity index (χ3v) is 16.2. The van der Waals surface area contributed by atoms with E-state index in [1.54, 1.807) is 38.1 Å². The number of primary amides is 1. The SMILES string of the molecule is CC(C)[C@@H]1CC(=O)[C@H](CCCCN)NC(=O)[C@@H](Cc2ccc(O)cc2)CC(=O)[C@H](Cc2ccc(O)cc2)NC(=O)[C@@H](CC(=O)[C@H](N)Cc2ccc3ccccc3c2)CSSC[C@@H](C(=O)C[C@H](C(N)=O)C(C)O)NC1=O. The molecule has 404 valence electrons. The van der Waals surface area contributed by atoms with Crippen LogP contribution in [0.1, 0.15) is 82.4 Å². The lowest BCUT2D eigenvalue weighted by Crippen LogP contribution is -2.50. The molecule has 9 atom stereocenters. The highest BCUT2D eigenvalue weighted by molar-refractivity contribution is 8.76. The standard InChI is InChI=1S/C56H72N6O11S2/c1-32(2)43-28-51(68)46(10-6-7-21-57)60-54(71)39(22-34-12-17-41(64)18-13-34)26-50(67)47(25-35-14-19-42(65)20-15-35)61-55(72)40(27-49(66)45(58)24-36-11-16-37-8-4-5-9-38(37)23-36)30-74-75-31-48(62-56(43)73)52(69)29-44(33(3)63)53(59)70/h4-5,8-9,11-20,23,32-33,39-40,43-48,63-65H,6-7,10,21-22,24-31,57-58H2,1-3H3,(H2,59,70)(H,60,71)(H,61,72)(H,62,73)/t33?,39-,40-,43-,44-,45+,46-,47-,48-/m0/s1. The number of phenols is 2. The average molecular weight is 1070 g/mol. The Bertz CT molecular complexity index is 2610. The molecule has 0 aromatic heterocycles. The maximum atomic E-state index is 14.8. The number of aromatic hydroxyl groups is 2. The van der Waals surface area contributed by atoms with E-state index in [1.165, 1.54) is 31.2 Å². The highest BCUT2D eigenvalue weighted by atomic mass is 33.1. The van der Waals surface area contributed by atoms with Crippen LogP contribution in [0.2, 0.25) is 0 Å². The Labute approximate surface area is 446 Å². The van der Waals surface area contributed by atoms with Crippen molar-refractivity contribution in [2.45, 2.75) is 115 Å². The second-order valence-corrected chi connectivity index (χ2v) is 22.5. The number of hydrogen-bond acceptors (Lipinski definition) is 15. The van der Waals surface area contributed by atoms with Gasteiger partial charge in [0.25, 0.3) is 0 Å². The fourth-order valence-electron chi connectivity index (χ4n) is 9.01. The number of aliphatic hydroxyl groups excluding tert-OH is 1. The summed E-state index contributed by atoms with van der Waals surface area (Å²) < 4.78 is 0. The summed E-state index contributed by atoms with van der Waals surface area (Å²) in [5.41, 5.74) is 19.9. The van der Waals surface area contributed by atoms with E-state index < -0.39 is 119 Å². The van der Waals surface area contributed by atoms with Gasteiger partial charge in [-0.25, -0.2) is 0 Å². The lowest BCUT2D eigenvalue weighted by atomic mass is 9.86. The number of carbonyl (C=O) groups is 8. The Kier molecular flexibility index (Phi) is 23.3. The highest BCUT2D eigenvalue weighted by Gasteiger charge is 2.37. The quantitative estimate of drug-likeness (QED) is 0.0464. The van der Waals surface area contributed by atoms with Crippen molar-refractivity contribution in [3.8, 4) is 11.5 Å². The summed E-state index contributed by atoms with van der Waals surface area (Å²) in [6.45, 7) is 5.11. The number of fused-ring (bicyclic) bond motifs is 1. The molecule has 1 unspecified atom stereocenters. The van der Waals surface area contributed by atoms with Gasteiger partial charge in [-0.1, -0.05) is 102 Å². The first-order chi connectivity index (χ1) is 35.7. The van der Waals surface area contributed by atoms with Crippen molar-refractivity contribution in [2.75, 3.05) is 18.1 Å². The first kappa shape index (κ1) is 59.8. The molecule has 12 N–H and O–H groups in total. The van der Waals surface area contributed by atoms with E-state index >= 15 is 0 Å². The number of nitrogens with one attached hydrogen (secondary N) is 3. The maximum Gasteiger partial charge on any atom is 0.225 e. The van der Waals surface area contributed by atoms with Crippen LogP contribution in [0.3, 0.4) is 0 Å². The molecular formula is C56H72N6O11S2. The van der Waals surface area contributed by atoms with E-state index in [4.69, 9.17) is 17.2 Å². The van der Waals surface area contributed by atoms with Crippen molar-refractivity contribution in [3.63, 3.8) is 0 Å². The Morgan fingerprint density at radius 2 is 1.25 bits per heavy atom. The predicted molar refractivity (Wildman–Crippen MR) is 291 cm³/mol. The maximum absolute atomic E-state index is 14.8. The summed E-state index contributed by atoms with van der Waals surface area (Å²) in [5.74, 6) is -10.1. The molecule has 0 saturated carbocycles. The Hall–Kier alpha value is -6.12. The molecule has 0 radical (unpaired) electrons. The number of benzene rings is 4. The molecule has 4 aromatic rings. The topological polar surface area (TPSA) is 311 Å². The van der Waals surface area contributed by atoms with Gasteiger partial charge < -0.3 is 48.5 Å². The van der Waals surface area contributed by atoms with Crippen LogP contribution in [-0.4, -0.2) is 110 Å². The van der Waals surface area contributed by atoms with E-state index in [2.05, 4.69) is 16.0 Å². The molecule has 1 fully saturated rings. The third kappa shape index (κ3) is 18.6. The first-order valence-electron chi connectivity index (χ1n) is 25.5. The number of carbonyl (C=O) groups excluding carboxylic acids is 8. The minimum atomic E-state index is -1.29. The van der Waals surface area contributed by atoms with Crippen molar-refractivity contribution < 1.29 is 53.7 Å². The number of rotatable bonds is 19. The van der Waals surface area contributed by atoms with Gasteiger partial charge in [0.1, 0.15) is 11.5 Å². The number of phenolic OH excluding ortho intramolecular Hbond substituents is 2. The normalized spacial score (nSPS) is 22.1. The van der Waals surface area contributed by atoms with Gasteiger partial charge in [-0.05, 0) is 110 Å². The summed E-state index contributed by atoms with van der Waals surface area (Å²) >= 11 is 0. The van der Waals surface area contributed by atoms with Crippen LogP contribution in [-0.2, 0) is 57.6 Å². The smallest absolute Gasteiger partial charge is 0.225 e. The lowest BCUT2D eigenvalue weighted by Gasteiger charge is -2.28. The number of aliphatic hydroxyl groups is 1. The monoisotopic (exact) mass is 1070 g/mol. The van der Waals surface area contributed by atoms with Gasteiger partial charge in [-0.2, -0.15) is 0 Å². The van der Waals surface area contributed by atoms with Crippen molar-refractivity contribution in [1.82, 2.24) is 16.0 Å². The summed E-state index contributed by atoms with van der Waals surface area (Å²) in [7, 11) is 2.24. The largest absolute Gasteiger partial charge is 0.508 e. The van der Waals surface area contributed by atoms with Crippen LogP contribution in [0.25, 0.3) is 10.8 Å². The zero-order chi connectivity index (χ0) is 54.8. The van der Waals surface area contributed by atoms with Crippen LogP contribution in [0.5, 0.6) is 11.5 Å². The number of ketones is 4. The minimum absolute atomic E-state index is 0.0142. The molecule has 4 amide bonds. The van der Waals surface area contributed by atoms with Crippen molar-refractivity contribution >= 4 is 79.1 Å². The van der Waals surface area contributed by atoms with Gasteiger partial charge in [0.05, 0.1) is 42.1 Å². The van der Waals surface area contributed by atoms with Gasteiger partial charge in [0.2, 0.25) is 23.6 Å². The average Bonchev–Trinajstić information content (AvgIpc) is 3.37. The van der Waals surface area contributed by atoms with Crippen LogP contribution in [0.4, 0.5) is 0 Å². The zero-order valence-corrected chi connectivity index (χ0v) is 44.4. The lowest BCUT2D eigenvalue weighted by molar-refractivity contribution is -0.136. The molecule has 4 aromatic carbocycles. The zero-order valence-electron chi connectivity index (χ0n) is 42.8. The second-order valence-electron chi connectivity index (χ2n) is 19.9. The molecule has 0 bridgehead atoms. The molecule has 1 aliphatic rings.